The number of benzene rings is 1. The van der Waals surface area contributed by atoms with E-state index in [0.29, 0.717) is 17.3 Å². The molecule has 0 fully saturated rings. The van der Waals surface area contributed by atoms with E-state index in [1.807, 2.05) is 0 Å². The van der Waals surface area contributed by atoms with Crippen LogP contribution in [0.15, 0.2) is 24.8 Å². The molecule has 0 bridgehead atoms. The SMILES string of the molecule is C=CCNC(=S)Nc1cc(OC)c(C(=O)O)cc1Cl. The summed E-state index contributed by atoms with van der Waals surface area (Å²) in [6, 6.07) is 2.79. The number of hydrogen-bond acceptors (Lipinski definition) is 3. The highest BCUT2D eigenvalue weighted by molar-refractivity contribution is 7.80. The summed E-state index contributed by atoms with van der Waals surface area (Å²) < 4.78 is 5.01. The third kappa shape index (κ3) is 4.11. The monoisotopic (exact) mass is 300 g/mol. The van der Waals surface area contributed by atoms with Gasteiger partial charge in [0.2, 0.25) is 0 Å². The molecule has 1 aromatic rings. The standard InChI is InChI=1S/C12H13ClN2O3S/c1-3-4-14-12(19)15-9-6-10(18-2)7(11(16)17)5-8(9)13/h3,5-6H,1,4H2,2H3,(H,16,17)(H2,14,15,19). The van der Waals surface area contributed by atoms with Crippen LogP contribution >= 0.6 is 23.8 Å². The van der Waals surface area contributed by atoms with Crippen molar-refractivity contribution in [3.8, 4) is 5.75 Å². The van der Waals surface area contributed by atoms with E-state index >= 15 is 0 Å². The van der Waals surface area contributed by atoms with Crippen molar-refractivity contribution >= 4 is 40.6 Å². The number of rotatable bonds is 5. The van der Waals surface area contributed by atoms with E-state index in [4.69, 9.17) is 33.7 Å². The molecule has 0 spiro atoms. The number of thiocarbonyl (C=S) groups is 1. The maximum atomic E-state index is 11.0. The molecule has 0 aliphatic carbocycles. The molecule has 0 heterocycles. The van der Waals surface area contributed by atoms with Crippen LogP contribution in [0.5, 0.6) is 5.75 Å². The number of ether oxygens (including phenoxy) is 1. The highest BCUT2D eigenvalue weighted by Gasteiger charge is 2.15. The molecule has 1 aromatic carbocycles. The average molecular weight is 301 g/mol. The molecule has 0 saturated heterocycles. The van der Waals surface area contributed by atoms with Crippen LogP contribution in [-0.4, -0.2) is 29.8 Å². The van der Waals surface area contributed by atoms with E-state index in [2.05, 4.69) is 17.2 Å². The molecule has 5 nitrogen and oxygen atoms in total. The first-order chi connectivity index (χ1) is 8.99. The fourth-order valence-electron chi connectivity index (χ4n) is 1.32. The van der Waals surface area contributed by atoms with Gasteiger partial charge in [-0.3, -0.25) is 0 Å². The lowest BCUT2D eigenvalue weighted by Crippen LogP contribution is -2.28. The number of carboxylic acids is 1. The normalized spacial score (nSPS) is 9.58. The van der Waals surface area contributed by atoms with Gasteiger partial charge in [0.1, 0.15) is 11.3 Å². The Morgan fingerprint density at radius 2 is 2.32 bits per heavy atom. The van der Waals surface area contributed by atoms with Crippen LogP contribution in [0.2, 0.25) is 5.02 Å². The maximum absolute atomic E-state index is 11.0. The number of hydrogen-bond donors (Lipinski definition) is 3. The number of methoxy groups -OCH3 is 1. The number of anilines is 1. The van der Waals surface area contributed by atoms with E-state index < -0.39 is 5.97 Å². The van der Waals surface area contributed by atoms with Crippen molar-refractivity contribution in [3.63, 3.8) is 0 Å². The van der Waals surface area contributed by atoms with Crippen LogP contribution in [0.3, 0.4) is 0 Å². The Hall–Kier alpha value is -1.79. The first kappa shape index (κ1) is 15.3. The molecule has 0 saturated carbocycles. The smallest absolute Gasteiger partial charge is 0.339 e. The molecular formula is C12H13ClN2O3S. The highest BCUT2D eigenvalue weighted by Crippen LogP contribution is 2.30. The van der Waals surface area contributed by atoms with Crippen LogP contribution in [0.25, 0.3) is 0 Å². The van der Waals surface area contributed by atoms with Crippen LogP contribution in [0.4, 0.5) is 5.69 Å². The molecule has 0 aliphatic heterocycles. The summed E-state index contributed by atoms with van der Waals surface area (Å²) in [6.07, 6.45) is 1.66. The Morgan fingerprint density at radius 3 is 2.84 bits per heavy atom. The second-order valence-electron chi connectivity index (χ2n) is 3.46. The van der Waals surface area contributed by atoms with Gasteiger partial charge >= 0.3 is 5.97 Å². The molecule has 0 atom stereocenters. The maximum Gasteiger partial charge on any atom is 0.339 e. The molecule has 0 aliphatic rings. The molecular weight excluding hydrogens is 288 g/mol. The number of carbonyl (C=O) groups is 1. The second kappa shape index (κ2) is 6.96. The van der Waals surface area contributed by atoms with Gasteiger partial charge in [0, 0.05) is 12.6 Å². The quantitative estimate of drug-likeness (QED) is 0.573. The van der Waals surface area contributed by atoms with Crippen LogP contribution in [0, 0.1) is 0 Å². The van der Waals surface area contributed by atoms with Crippen molar-refractivity contribution in [2.75, 3.05) is 19.0 Å². The van der Waals surface area contributed by atoms with Crippen molar-refractivity contribution in [1.82, 2.24) is 5.32 Å². The number of carboxylic acid groups (broad SMARTS) is 1. The summed E-state index contributed by atoms with van der Waals surface area (Å²) in [4.78, 5) is 11.0. The molecule has 1 rings (SSSR count). The highest BCUT2D eigenvalue weighted by atomic mass is 35.5. The number of halogens is 1. The Bertz CT molecular complexity index is 520. The first-order valence-electron chi connectivity index (χ1n) is 5.26. The lowest BCUT2D eigenvalue weighted by Gasteiger charge is -2.13. The van der Waals surface area contributed by atoms with E-state index in [0.717, 1.165) is 0 Å². The van der Waals surface area contributed by atoms with Gasteiger partial charge in [-0.15, -0.1) is 6.58 Å². The number of nitrogens with one attached hydrogen (secondary N) is 2. The third-order valence-corrected chi connectivity index (χ3v) is 2.73. The van der Waals surface area contributed by atoms with Gasteiger partial charge in [0.15, 0.2) is 5.11 Å². The molecule has 102 valence electrons. The Morgan fingerprint density at radius 1 is 1.63 bits per heavy atom. The predicted molar refractivity (Wildman–Crippen MR) is 79.4 cm³/mol. The fourth-order valence-corrected chi connectivity index (χ4v) is 1.72. The molecule has 0 radical (unpaired) electrons. The van der Waals surface area contributed by atoms with Gasteiger partial charge in [-0.2, -0.15) is 0 Å². The number of aromatic carboxylic acids is 1. The van der Waals surface area contributed by atoms with E-state index in [9.17, 15) is 4.79 Å². The van der Waals surface area contributed by atoms with Gasteiger partial charge in [0.25, 0.3) is 0 Å². The third-order valence-electron chi connectivity index (χ3n) is 2.17. The van der Waals surface area contributed by atoms with Gasteiger partial charge in [-0.1, -0.05) is 17.7 Å². The molecule has 0 aromatic heterocycles. The van der Waals surface area contributed by atoms with E-state index in [1.165, 1.54) is 19.2 Å². The summed E-state index contributed by atoms with van der Waals surface area (Å²) in [5, 5.41) is 15.3. The zero-order valence-electron chi connectivity index (χ0n) is 10.2. The second-order valence-corrected chi connectivity index (χ2v) is 4.28. The van der Waals surface area contributed by atoms with E-state index in [1.54, 1.807) is 6.08 Å². The fraction of sp³-hybridized carbons (Fsp3) is 0.167. The van der Waals surface area contributed by atoms with Gasteiger partial charge in [0.05, 0.1) is 17.8 Å². The van der Waals surface area contributed by atoms with Crippen molar-refractivity contribution in [1.29, 1.82) is 0 Å². The van der Waals surface area contributed by atoms with Gasteiger partial charge in [-0.25, -0.2) is 4.79 Å². The van der Waals surface area contributed by atoms with Crippen LogP contribution in [-0.2, 0) is 0 Å². The average Bonchev–Trinajstić information content (AvgIpc) is 2.38. The largest absolute Gasteiger partial charge is 0.496 e. The van der Waals surface area contributed by atoms with Crippen molar-refractivity contribution in [2.24, 2.45) is 0 Å². The lowest BCUT2D eigenvalue weighted by atomic mass is 10.2. The zero-order valence-corrected chi connectivity index (χ0v) is 11.8. The minimum Gasteiger partial charge on any atom is -0.496 e. The van der Waals surface area contributed by atoms with Crippen LogP contribution < -0.4 is 15.4 Å². The first-order valence-corrected chi connectivity index (χ1v) is 6.04. The summed E-state index contributed by atoms with van der Waals surface area (Å²) in [5.41, 5.74) is 0.452. The van der Waals surface area contributed by atoms with Crippen LogP contribution in [0.1, 0.15) is 10.4 Å². The Kier molecular flexibility index (Phi) is 5.59. The van der Waals surface area contributed by atoms with Gasteiger partial charge < -0.3 is 20.5 Å². The van der Waals surface area contributed by atoms with Crippen molar-refractivity contribution < 1.29 is 14.6 Å². The summed E-state index contributed by atoms with van der Waals surface area (Å²) in [6.45, 7) is 4.06. The predicted octanol–water partition coefficient (Wildman–Crippen LogP) is 2.52. The topological polar surface area (TPSA) is 70.6 Å². The molecule has 7 heteroatoms. The summed E-state index contributed by atoms with van der Waals surface area (Å²) >= 11 is 11.0. The van der Waals surface area contributed by atoms with Crippen molar-refractivity contribution in [3.05, 3.63) is 35.4 Å². The molecule has 19 heavy (non-hydrogen) atoms. The minimum atomic E-state index is -1.11. The van der Waals surface area contributed by atoms with Gasteiger partial charge in [-0.05, 0) is 18.3 Å². The van der Waals surface area contributed by atoms with E-state index in [-0.39, 0.29) is 16.3 Å². The zero-order chi connectivity index (χ0) is 14.4. The Balaban J connectivity index is 2.99. The Labute approximate surface area is 121 Å². The van der Waals surface area contributed by atoms with Crippen molar-refractivity contribution in [2.45, 2.75) is 0 Å². The molecule has 0 unspecified atom stereocenters. The lowest BCUT2D eigenvalue weighted by molar-refractivity contribution is 0.0693. The summed E-state index contributed by atoms with van der Waals surface area (Å²) in [5.74, 6) is -0.913. The minimum absolute atomic E-state index is 0.0111. The molecule has 0 amide bonds. The molecule has 3 N–H and O–H groups in total. The summed E-state index contributed by atoms with van der Waals surface area (Å²) in [7, 11) is 1.38.